The number of carbonyl (C=O) groups excluding carboxylic acids is 1. The Morgan fingerprint density at radius 2 is 1.85 bits per heavy atom. The van der Waals surface area contributed by atoms with E-state index in [-0.39, 0.29) is 12.0 Å². The summed E-state index contributed by atoms with van der Waals surface area (Å²) in [6.07, 6.45) is 3.12. The maximum absolute atomic E-state index is 12.1. The van der Waals surface area contributed by atoms with E-state index in [1.165, 1.54) is 0 Å². The van der Waals surface area contributed by atoms with Crippen molar-refractivity contribution in [3.05, 3.63) is 0 Å². The van der Waals surface area contributed by atoms with Crippen LogP contribution in [0.1, 0.15) is 53.9 Å². The molecule has 0 spiro atoms. The van der Waals surface area contributed by atoms with E-state index in [4.69, 9.17) is 4.74 Å². The molecule has 1 atom stereocenters. The minimum Gasteiger partial charge on any atom is -0.381 e. The zero-order valence-corrected chi connectivity index (χ0v) is 14.7. The Morgan fingerprint density at radius 3 is 2.40 bits per heavy atom. The zero-order valence-electron chi connectivity index (χ0n) is 13.9. The number of ether oxygens (including phenoxy) is 1. The second-order valence-corrected chi connectivity index (χ2v) is 7.02. The van der Waals surface area contributed by atoms with Crippen LogP contribution in [0.25, 0.3) is 0 Å². The lowest BCUT2D eigenvalue weighted by Crippen LogP contribution is -2.43. The predicted molar refractivity (Wildman–Crippen MR) is 89.6 cm³/mol. The van der Waals surface area contributed by atoms with Crippen molar-refractivity contribution in [3.63, 3.8) is 0 Å². The van der Waals surface area contributed by atoms with Crippen molar-refractivity contribution in [2.24, 2.45) is 5.92 Å². The third-order valence-corrected chi connectivity index (χ3v) is 4.03. The summed E-state index contributed by atoms with van der Waals surface area (Å²) in [5.74, 6) is 2.61. The predicted octanol–water partition coefficient (Wildman–Crippen LogP) is 3.52. The van der Waals surface area contributed by atoms with E-state index in [0.717, 1.165) is 44.0 Å². The van der Waals surface area contributed by atoms with Gasteiger partial charge < -0.3 is 10.1 Å². The maximum atomic E-state index is 12.1. The topological polar surface area (TPSA) is 38.3 Å². The number of hydrogen-bond acceptors (Lipinski definition) is 4. The monoisotopic (exact) mass is 303 g/mol. The smallest absolute Gasteiger partial charge is 0.152 e. The fourth-order valence-electron chi connectivity index (χ4n) is 1.93. The molecular formula is C16H33NO2S. The largest absolute Gasteiger partial charge is 0.381 e. The van der Waals surface area contributed by atoms with Crippen LogP contribution in [0.15, 0.2) is 0 Å². The Morgan fingerprint density at radius 1 is 1.15 bits per heavy atom. The molecule has 3 nitrogen and oxygen atoms in total. The first-order valence-corrected chi connectivity index (χ1v) is 9.09. The summed E-state index contributed by atoms with van der Waals surface area (Å²) in [5, 5.41) is 3.39. The average Bonchev–Trinajstić information content (AvgIpc) is 2.39. The van der Waals surface area contributed by atoms with E-state index in [2.05, 4.69) is 26.1 Å². The fraction of sp³-hybridized carbons (Fsp3) is 0.938. The summed E-state index contributed by atoms with van der Waals surface area (Å²) >= 11 is 1.92. The van der Waals surface area contributed by atoms with Crippen molar-refractivity contribution in [2.45, 2.75) is 66.0 Å². The Kier molecular flexibility index (Phi) is 12.6. The van der Waals surface area contributed by atoms with Crippen molar-refractivity contribution in [3.8, 4) is 0 Å². The molecule has 0 aliphatic heterocycles. The first-order valence-electron chi connectivity index (χ1n) is 7.94. The van der Waals surface area contributed by atoms with E-state index in [1.54, 1.807) is 0 Å². The fourth-order valence-corrected chi connectivity index (χ4v) is 2.85. The number of thioether (sulfide) groups is 1. The van der Waals surface area contributed by atoms with Gasteiger partial charge in [0.05, 0.1) is 6.04 Å². The van der Waals surface area contributed by atoms with E-state index >= 15 is 0 Å². The van der Waals surface area contributed by atoms with Gasteiger partial charge in [-0.3, -0.25) is 4.79 Å². The Hall–Kier alpha value is -0.0600. The van der Waals surface area contributed by atoms with E-state index < -0.39 is 0 Å². The molecule has 0 bridgehead atoms. The van der Waals surface area contributed by atoms with Crippen LogP contribution < -0.4 is 5.32 Å². The molecule has 0 saturated heterocycles. The van der Waals surface area contributed by atoms with Crippen LogP contribution in [0.2, 0.25) is 0 Å². The highest BCUT2D eigenvalue weighted by atomic mass is 32.2. The molecule has 20 heavy (non-hydrogen) atoms. The number of Topliss-reactive ketones (excluding diaryl/α,β-unsaturated/α-hetero) is 1. The molecule has 120 valence electrons. The van der Waals surface area contributed by atoms with Crippen LogP contribution in [0.5, 0.6) is 0 Å². The highest BCUT2D eigenvalue weighted by Crippen LogP contribution is 2.11. The van der Waals surface area contributed by atoms with E-state index in [1.807, 2.05) is 25.6 Å². The molecule has 0 radical (unpaired) electrons. The summed E-state index contributed by atoms with van der Waals surface area (Å²) in [5.41, 5.74) is 0. The molecular weight excluding hydrogens is 270 g/mol. The Labute approximate surface area is 129 Å². The maximum Gasteiger partial charge on any atom is 0.152 e. The van der Waals surface area contributed by atoms with Gasteiger partial charge in [0.15, 0.2) is 5.78 Å². The van der Waals surface area contributed by atoms with Crippen molar-refractivity contribution >= 4 is 17.5 Å². The molecule has 4 heteroatoms. The zero-order chi connectivity index (χ0) is 15.4. The van der Waals surface area contributed by atoms with Crippen LogP contribution in [-0.2, 0) is 9.53 Å². The van der Waals surface area contributed by atoms with Crippen LogP contribution in [0.3, 0.4) is 0 Å². The minimum atomic E-state index is 0.0128. The van der Waals surface area contributed by atoms with Crippen LogP contribution in [0, 0.1) is 5.92 Å². The Balaban J connectivity index is 3.77. The standard InChI is InChI=1S/C16H33NO2S/c1-6-9-19-10-7-11-20-12-8-15(17-14(4)5)16(18)13(2)3/h13-15,17H,6-12H2,1-5H3/t15-/m0/s1. The lowest BCUT2D eigenvalue weighted by atomic mass is 9.99. The molecule has 0 unspecified atom stereocenters. The average molecular weight is 304 g/mol. The van der Waals surface area contributed by atoms with Crippen molar-refractivity contribution in [2.75, 3.05) is 24.7 Å². The van der Waals surface area contributed by atoms with Gasteiger partial charge in [-0.2, -0.15) is 11.8 Å². The highest BCUT2D eigenvalue weighted by Gasteiger charge is 2.21. The van der Waals surface area contributed by atoms with Crippen molar-refractivity contribution in [1.82, 2.24) is 5.32 Å². The van der Waals surface area contributed by atoms with Gasteiger partial charge >= 0.3 is 0 Å². The normalized spacial score (nSPS) is 13.2. The van der Waals surface area contributed by atoms with Gasteiger partial charge in [-0.1, -0.05) is 34.6 Å². The molecule has 0 saturated carbocycles. The number of nitrogens with one attached hydrogen (secondary N) is 1. The second kappa shape index (κ2) is 12.7. The number of hydrogen-bond donors (Lipinski definition) is 1. The number of ketones is 1. The van der Waals surface area contributed by atoms with E-state index in [0.29, 0.717) is 11.8 Å². The molecule has 0 aromatic heterocycles. The van der Waals surface area contributed by atoms with Gasteiger partial charge in [0.1, 0.15) is 0 Å². The van der Waals surface area contributed by atoms with Gasteiger partial charge in [-0.25, -0.2) is 0 Å². The third-order valence-electron chi connectivity index (χ3n) is 2.92. The lowest BCUT2D eigenvalue weighted by Gasteiger charge is -2.21. The molecule has 0 aliphatic carbocycles. The van der Waals surface area contributed by atoms with E-state index in [9.17, 15) is 4.79 Å². The van der Waals surface area contributed by atoms with Crippen LogP contribution in [-0.4, -0.2) is 42.6 Å². The van der Waals surface area contributed by atoms with Crippen LogP contribution >= 0.6 is 11.8 Å². The van der Waals surface area contributed by atoms with Crippen molar-refractivity contribution < 1.29 is 9.53 Å². The third kappa shape index (κ3) is 10.7. The summed E-state index contributed by atoms with van der Waals surface area (Å²) in [7, 11) is 0. The van der Waals surface area contributed by atoms with Crippen molar-refractivity contribution in [1.29, 1.82) is 0 Å². The first kappa shape index (κ1) is 19.9. The number of rotatable bonds is 13. The molecule has 0 amide bonds. The minimum absolute atomic E-state index is 0.0128. The molecule has 0 aromatic rings. The molecule has 0 rings (SSSR count). The molecule has 0 aromatic carbocycles. The molecule has 1 N–H and O–H groups in total. The lowest BCUT2D eigenvalue weighted by molar-refractivity contribution is -0.124. The summed E-state index contributed by atoms with van der Waals surface area (Å²) in [4.78, 5) is 12.1. The number of carbonyl (C=O) groups is 1. The van der Waals surface area contributed by atoms with Gasteiger partial charge in [0.25, 0.3) is 0 Å². The quantitative estimate of drug-likeness (QED) is 0.528. The van der Waals surface area contributed by atoms with Gasteiger partial charge in [-0.05, 0) is 30.8 Å². The SMILES string of the molecule is CCCOCCCSCC[C@H](NC(C)C)C(=O)C(C)C. The first-order chi connectivity index (χ1) is 9.49. The molecule has 0 fully saturated rings. The molecule has 0 aliphatic rings. The summed E-state index contributed by atoms with van der Waals surface area (Å²) in [6, 6.07) is 0.369. The highest BCUT2D eigenvalue weighted by molar-refractivity contribution is 7.99. The van der Waals surface area contributed by atoms with Gasteiger partial charge in [-0.15, -0.1) is 0 Å². The summed E-state index contributed by atoms with van der Waals surface area (Å²) < 4.78 is 5.45. The second-order valence-electron chi connectivity index (χ2n) is 5.80. The molecule has 0 heterocycles. The Bertz CT molecular complexity index is 245. The van der Waals surface area contributed by atoms with Crippen LogP contribution in [0.4, 0.5) is 0 Å². The van der Waals surface area contributed by atoms with Gasteiger partial charge in [0, 0.05) is 25.2 Å². The summed E-state index contributed by atoms with van der Waals surface area (Å²) in [6.45, 7) is 12.0. The van der Waals surface area contributed by atoms with Gasteiger partial charge in [0.2, 0.25) is 0 Å².